The van der Waals surface area contributed by atoms with Crippen molar-refractivity contribution in [2.24, 2.45) is 0 Å². The second-order valence-electron chi connectivity index (χ2n) is 5.31. The normalized spacial score (nSPS) is 18.2. The molecule has 0 aliphatic carbocycles. The zero-order valence-corrected chi connectivity index (χ0v) is 12.5. The molecule has 1 atom stereocenters. The third-order valence-electron chi connectivity index (χ3n) is 3.75. The number of hydrogen-bond acceptors (Lipinski definition) is 3. The number of rotatable bonds is 7. The van der Waals surface area contributed by atoms with Crippen molar-refractivity contribution >= 4 is 0 Å². The third kappa shape index (κ3) is 4.78. The number of nitrogens with zero attached hydrogens (tertiary/aromatic N) is 1. The van der Waals surface area contributed by atoms with Crippen molar-refractivity contribution in [1.29, 1.82) is 0 Å². The molecule has 1 saturated heterocycles. The van der Waals surface area contributed by atoms with Gasteiger partial charge in [-0.25, -0.2) is 0 Å². The minimum Gasteiger partial charge on any atom is -0.428 e. The molecule has 0 radical (unpaired) electrons. The van der Waals surface area contributed by atoms with Gasteiger partial charge in [0.15, 0.2) is 0 Å². The summed E-state index contributed by atoms with van der Waals surface area (Å²) in [7, 11) is 0. The summed E-state index contributed by atoms with van der Waals surface area (Å²) in [4.78, 5) is 2.11. The average molecular weight is 338 g/mol. The molecule has 0 spiro atoms. The molecule has 0 unspecified atom stereocenters. The summed E-state index contributed by atoms with van der Waals surface area (Å²) in [6.07, 6.45) is -8.14. The van der Waals surface area contributed by atoms with Crippen LogP contribution < -0.4 is 10.1 Å². The molecule has 1 aliphatic rings. The molecule has 0 amide bonds. The highest BCUT2D eigenvalue weighted by Gasteiger charge is 2.43. The molecule has 3 nitrogen and oxygen atoms in total. The van der Waals surface area contributed by atoms with Crippen molar-refractivity contribution in [1.82, 2.24) is 10.2 Å². The summed E-state index contributed by atoms with van der Waals surface area (Å²) in [5.74, 6) is -0.349. The molecule has 1 heterocycles. The van der Waals surface area contributed by atoms with E-state index in [9.17, 15) is 22.0 Å². The monoisotopic (exact) mass is 338 g/mol. The third-order valence-corrected chi connectivity index (χ3v) is 3.75. The number of halogens is 5. The lowest BCUT2D eigenvalue weighted by atomic mass is 10.0. The lowest BCUT2D eigenvalue weighted by molar-refractivity contribution is -0.253. The predicted molar refractivity (Wildman–Crippen MR) is 75.8 cm³/mol. The lowest BCUT2D eigenvalue weighted by Crippen LogP contribution is -2.45. The molecular formula is C15H19F5N2O. The van der Waals surface area contributed by atoms with Gasteiger partial charge in [0, 0.05) is 32.2 Å². The molecule has 1 aliphatic heterocycles. The Morgan fingerprint density at radius 2 is 1.74 bits per heavy atom. The first kappa shape index (κ1) is 17.9. The van der Waals surface area contributed by atoms with Crippen molar-refractivity contribution in [3.63, 3.8) is 0 Å². The molecule has 130 valence electrons. The van der Waals surface area contributed by atoms with Crippen LogP contribution in [0.15, 0.2) is 24.3 Å². The fraction of sp³-hybridized carbons (Fsp3) is 0.600. The molecule has 1 aromatic rings. The van der Waals surface area contributed by atoms with Gasteiger partial charge in [0.05, 0.1) is 6.67 Å². The maximum absolute atomic E-state index is 12.9. The van der Waals surface area contributed by atoms with E-state index in [2.05, 4.69) is 15.0 Å². The van der Waals surface area contributed by atoms with E-state index in [1.807, 2.05) is 0 Å². The topological polar surface area (TPSA) is 24.5 Å². The summed E-state index contributed by atoms with van der Waals surface area (Å²) < 4.78 is 66.8. The van der Waals surface area contributed by atoms with Gasteiger partial charge >= 0.3 is 12.5 Å². The van der Waals surface area contributed by atoms with Crippen LogP contribution in [0.5, 0.6) is 5.75 Å². The van der Waals surface area contributed by atoms with Gasteiger partial charge in [-0.05, 0) is 24.1 Å². The number of nitrogens with one attached hydrogen (secondary N) is 1. The van der Waals surface area contributed by atoms with E-state index in [1.165, 1.54) is 24.3 Å². The van der Waals surface area contributed by atoms with Crippen LogP contribution >= 0.6 is 0 Å². The zero-order valence-electron chi connectivity index (χ0n) is 12.5. The minimum atomic E-state index is -4.53. The Morgan fingerprint density at radius 1 is 1.13 bits per heavy atom. The highest BCUT2D eigenvalue weighted by Crippen LogP contribution is 2.30. The maximum atomic E-state index is 12.9. The van der Waals surface area contributed by atoms with E-state index < -0.39 is 19.2 Å². The second-order valence-corrected chi connectivity index (χ2v) is 5.31. The van der Waals surface area contributed by atoms with E-state index >= 15 is 0 Å². The molecule has 1 fully saturated rings. The molecule has 0 bridgehead atoms. The quantitative estimate of drug-likeness (QED) is 0.773. The summed E-state index contributed by atoms with van der Waals surface area (Å²) in [5.41, 5.74) is 0.747. The number of benzene rings is 1. The van der Waals surface area contributed by atoms with Gasteiger partial charge in [0.1, 0.15) is 5.75 Å². The van der Waals surface area contributed by atoms with Crippen LogP contribution in [0.2, 0.25) is 0 Å². The summed E-state index contributed by atoms with van der Waals surface area (Å²) >= 11 is 0. The Hall–Kier alpha value is -1.41. The van der Waals surface area contributed by atoms with E-state index in [0.717, 1.165) is 31.7 Å². The Labute approximate surface area is 131 Å². The smallest absolute Gasteiger partial charge is 0.428 e. The van der Waals surface area contributed by atoms with Gasteiger partial charge in [0.25, 0.3) is 0 Å². The average Bonchev–Trinajstić information content (AvgIpc) is 2.54. The molecule has 2 rings (SSSR count). The molecule has 1 aromatic carbocycles. The maximum Gasteiger partial charge on any atom is 0.461 e. The van der Waals surface area contributed by atoms with Crippen molar-refractivity contribution in [2.45, 2.75) is 25.0 Å². The molecule has 23 heavy (non-hydrogen) atoms. The number of alkyl halides is 5. The van der Waals surface area contributed by atoms with Crippen LogP contribution in [0.4, 0.5) is 22.0 Å². The van der Waals surface area contributed by atoms with Gasteiger partial charge in [0.2, 0.25) is 0 Å². The first-order chi connectivity index (χ1) is 10.9. The molecule has 8 heteroatoms. The van der Waals surface area contributed by atoms with Crippen LogP contribution in [0.1, 0.15) is 18.0 Å². The first-order valence-corrected chi connectivity index (χ1v) is 7.39. The number of ether oxygens (including phenoxy) is 1. The fourth-order valence-corrected chi connectivity index (χ4v) is 2.62. The highest BCUT2D eigenvalue weighted by molar-refractivity contribution is 5.29. The number of hydrogen-bond donors (Lipinski definition) is 1. The summed E-state index contributed by atoms with van der Waals surface area (Å²) in [6.45, 7) is 2.60. The van der Waals surface area contributed by atoms with Gasteiger partial charge in [-0.2, -0.15) is 17.6 Å². The van der Waals surface area contributed by atoms with E-state index in [1.54, 1.807) is 0 Å². The van der Waals surface area contributed by atoms with Crippen molar-refractivity contribution in [3.05, 3.63) is 29.8 Å². The van der Waals surface area contributed by atoms with Crippen LogP contribution in [0.25, 0.3) is 0 Å². The largest absolute Gasteiger partial charge is 0.461 e. The molecular weight excluding hydrogens is 319 g/mol. The standard InChI is InChI=1S/C15H19F5N2O/c16-6-5-13(22-9-7-21-8-10-22)11-1-3-12(4-2-11)23-15(19,20)14(17)18/h1-4,13-14,21H,5-10H2/t13-/m1/s1. The second kappa shape index (κ2) is 7.92. The lowest BCUT2D eigenvalue weighted by Gasteiger charge is -2.35. The van der Waals surface area contributed by atoms with Gasteiger partial charge in [-0.15, -0.1) is 0 Å². The van der Waals surface area contributed by atoms with Crippen LogP contribution in [-0.4, -0.2) is 50.3 Å². The van der Waals surface area contributed by atoms with E-state index in [0.29, 0.717) is 0 Å². The Balaban J connectivity index is 2.09. The molecule has 0 aromatic heterocycles. The first-order valence-electron chi connectivity index (χ1n) is 7.39. The molecule has 0 saturated carbocycles. The summed E-state index contributed by atoms with van der Waals surface area (Å²) in [6, 6.07) is 5.27. The SMILES string of the molecule is FCC[C@H](c1ccc(OC(F)(F)C(F)F)cc1)N1CCNCC1. The predicted octanol–water partition coefficient (Wildman–Crippen LogP) is 3.23. The Kier molecular flexibility index (Phi) is 6.17. The van der Waals surface area contributed by atoms with E-state index in [-0.39, 0.29) is 18.2 Å². The molecule has 1 N–H and O–H groups in total. The van der Waals surface area contributed by atoms with Crippen molar-refractivity contribution < 1.29 is 26.7 Å². The van der Waals surface area contributed by atoms with Gasteiger partial charge in [-0.3, -0.25) is 9.29 Å². The number of piperazine rings is 1. The Morgan fingerprint density at radius 3 is 2.26 bits per heavy atom. The van der Waals surface area contributed by atoms with E-state index in [4.69, 9.17) is 0 Å². The fourth-order valence-electron chi connectivity index (χ4n) is 2.62. The zero-order chi connectivity index (χ0) is 16.9. The van der Waals surface area contributed by atoms with Crippen LogP contribution in [0, 0.1) is 0 Å². The minimum absolute atomic E-state index is 0.174. The van der Waals surface area contributed by atoms with Gasteiger partial charge in [-0.1, -0.05) is 12.1 Å². The Bertz CT molecular complexity index is 477. The van der Waals surface area contributed by atoms with Crippen molar-refractivity contribution in [3.8, 4) is 5.75 Å². The summed E-state index contributed by atoms with van der Waals surface area (Å²) in [5, 5.41) is 3.20. The van der Waals surface area contributed by atoms with Crippen LogP contribution in [0.3, 0.4) is 0 Å². The van der Waals surface area contributed by atoms with Crippen LogP contribution in [-0.2, 0) is 0 Å². The highest BCUT2D eigenvalue weighted by atomic mass is 19.3. The van der Waals surface area contributed by atoms with Crippen molar-refractivity contribution in [2.75, 3.05) is 32.9 Å². The van der Waals surface area contributed by atoms with Gasteiger partial charge < -0.3 is 10.1 Å².